The van der Waals surface area contributed by atoms with Gasteiger partial charge in [0.15, 0.2) is 0 Å². The maximum absolute atomic E-state index is 13.0. The Morgan fingerprint density at radius 3 is 2.39 bits per heavy atom. The molecule has 1 aliphatic rings. The summed E-state index contributed by atoms with van der Waals surface area (Å²) in [5.41, 5.74) is 2.23. The first kappa shape index (κ1) is 19.9. The summed E-state index contributed by atoms with van der Waals surface area (Å²) in [6.07, 6.45) is 0.123. The molecule has 3 rings (SSSR count). The van der Waals surface area contributed by atoms with E-state index in [0.717, 1.165) is 11.1 Å². The smallest absolute Gasteiger partial charge is 0.267 e. The Labute approximate surface area is 164 Å². The van der Waals surface area contributed by atoms with E-state index in [-0.39, 0.29) is 17.7 Å². The van der Waals surface area contributed by atoms with E-state index in [1.807, 2.05) is 19.9 Å². The quantitative estimate of drug-likeness (QED) is 0.830. The second kappa shape index (κ2) is 7.63. The number of benzene rings is 2. The fourth-order valence-corrected chi connectivity index (χ4v) is 4.76. The first-order valence-corrected chi connectivity index (χ1v) is 10.3. The van der Waals surface area contributed by atoms with Gasteiger partial charge in [-0.25, -0.2) is 12.7 Å². The number of carbonyl (C=O) groups excluding carboxylic acids is 2. The van der Waals surface area contributed by atoms with Gasteiger partial charge in [0, 0.05) is 6.42 Å². The van der Waals surface area contributed by atoms with Crippen LogP contribution < -0.4 is 10.1 Å². The van der Waals surface area contributed by atoms with E-state index in [0.29, 0.717) is 15.7 Å². The molecule has 7 nitrogen and oxygen atoms in total. The highest BCUT2D eigenvalue weighted by atomic mass is 32.2. The topological polar surface area (TPSA) is 92.8 Å². The summed E-state index contributed by atoms with van der Waals surface area (Å²) in [4.78, 5) is 25.2. The van der Waals surface area contributed by atoms with Gasteiger partial charge in [0.25, 0.3) is 10.0 Å². The van der Waals surface area contributed by atoms with Crippen molar-refractivity contribution in [1.29, 1.82) is 0 Å². The third-order valence-corrected chi connectivity index (χ3v) is 6.50. The second-order valence-electron chi connectivity index (χ2n) is 6.76. The van der Waals surface area contributed by atoms with Crippen molar-refractivity contribution in [2.45, 2.75) is 37.6 Å². The van der Waals surface area contributed by atoms with Gasteiger partial charge in [-0.05, 0) is 50.1 Å². The van der Waals surface area contributed by atoms with Crippen molar-refractivity contribution in [2.24, 2.45) is 0 Å². The van der Waals surface area contributed by atoms with Crippen LogP contribution in [0.3, 0.4) is 0 Å². The molecule has 2 aromatic rings. The van der Waals surface area contributed by atoms with E-state index in [4.69, 9.17) is 4.74 Å². The lowest BCUT2D eigenvalue weighted by atomic mass is 10.1. The molecule has 1 fully saturated rings. The number of rotatable bonds is 5. The summed E-state index contributed by atoms with van der Waals surface area (Å²) in [6.45, 7) is 3.70. The molecule has 1 saturated heterocycles. The first-order chi connectivity index (χ1) is 13.2. The van der Waals surface area contributed by atoms with Crippen molar-refractivity contribution >= 4 is 27.5 Å². The molecule has 1 N–H and O–H groups in total. The number of anilines is 1. The van der Waals surface area contributed by atoms with Crippen molar-refractivity contribution in [3.05, 3.63) is 53.6 Å². The van der Waals surface area contributed by atoms with Gasteiger partial charge in [-0.3, -0.25) is 9.59 Å². The molecule has 0 spiro atoms. The minimum atomic E-state index is -4.12. The van der Waals surface area contributed by atoms with Crippen LogP contribution in [-0.4, -0.2) is 37.7 Å². The van der Waals surface area contributed by atoms with E-state index in [9.17, 15) is 18.0 Å². The van der Waals surface area contributed by atoms with E-state index < -0.39 is 27.9 Å². The summed E-state index contributed by atoms with van der Waals surface area (Å²) in [7, 11) is -2.64. The Balaban J connectivity index is 1.91. The Bertz CT molecular complexity index is 1020. The predicted molar refractivity (Wildman–Crippen MR) is 105 cm³/mol. The van der Waals surface area contributed by atoms with Crippen LogP contribution in [0, 0.1) is 13.8 Å². The number of methoxy groups -OCH3 is 1. The van der Waals surface area contributed by atoms with Crippen LogP contribution in [-0.2, 0) is 19.6 Å². The van der Waals surface area contributed by atoms with Gasteiger partial charge in [0.1, 0.15) is 11.8 Å². The molecule has 0 saturated carbocycles. The lowest BCUT2D eigenvalue weighted by molar-refractivity contribution is -0.128. The first-order valence-electron chi connectivity index (χ1n) is 8.83. The number of sulfonamides is 1. The highest BCUT2D eigenvalue weighted by Gasteiger charge is 2.44. The Hall–Kier alpha value is -2.87. The Morgan fingerprint density at radius 1 is 1.11 bits per heavy atom. The maximum Gasteiger partial charge on any atom is 0.267 e. The van der Waals surface area contributed by atoms with Crippen LogP contribution >= 0.6 is 0 Å². The lowest BCUT2D eigenvalue weighted by Crippen LogP contribution is -2.45. The van der Waals surface area contributed by atoms with E-state index in [1.54, 1.807) is 24.3 Å². The van der Waals surface area contributed by atoms with Crippen molar-refractivity contribution in [1.82, 2.24) is 4.31 Å². The normalized spacial score (nSPS) is 16.9. The molecule has 0 bridgehead atoms. The lowest BCUT2D eigenvalue weighted by Gasteiger charge is -2.24. The summed E-state index contributed by atoms with van der Waals surface area (Å²) in [5.74, 6) is -0.696. The fraction of sp³-hybridized carbons (Fsp3) is 0.300. The van der Waals surface area contributed by atoms with Crippen LogP contribution in [0.25, 0.3) is 0 Å². The zero-order valence-electron chi connectivity index (χ0n) is 15.9. The molecule has 148 valence electrons. The van der Waals surface area contributed by atoms with Crippen LogP contribution in [0.4, 0.5) is 5.69 Å². The number of carbonyl (C=O) groups is 2. The molecule has 0 aromatic heterocycles. The van der Waals surface area contributed by atoms with Gasteiger partial charge in [0.05, 0.1) is 17.7 Å². The fourth-order valence-electron chi connectivity index (χ4n) is 3.16. The van der Waals surface area contributed by atoms with Crippen LogP contribution in [0.1, 0.15) is 24.0 Å². The monoisotopic (exact) mass is 402 g/mol. The predicted octanol–water partition coefficient (Wildman–Crippen LogP) is 2.63. The van der Waals surface area contributed by atoms with E-state index in [1.165, 1.54) is 19.2 Å². The molecule has 0 aliphatic carbocycles. The minimum Gasteiger partial charge on any atom is -0.495 e. The minimum absolute atomic E-state index is 0.00582. The Morgan fingerprint density at radius 2 is 1.75 bits per heavy atom. The maximum atomic E-state index is 13.0. The molecule has 1 aliphatic heterocycles. The molecule has 1 heterocycles. The van der Waals surface area contributed by atoms with Crippen LogP contribution in [0.15, 0.2) is 47.4 Å². The van der Waals surface area contributed by atoms with Crippen molar-refractivity contribution in [3.63, 3.8) is 0 Å². The number of aryl methyl sites for hydroxylation is 2. The van der Waals surface area contributed by atoms with Crippen molar-refractivity contribution in [2.75, 3.05) is 12.4 Å². The van der Waals surface area contributed by atoms with Gasteiger partial charge in [0.2, 0.25) is 11.8 Å². The molecular formula is C20H22N2O5S. The zero-order chi connectivity index (χ0) is 20.5. The highest BCUT2D eigenvalue weighted by Crippen LogP contribution is 2.30. The summed E-state index contributed by atoms with van der Waals surface area (Å²) in [6, 6.07) is 10.4. The van der Waals surface area contributed by atoms with Gasteiger partial charge in [-0.1, -0.05) is 23.8 Å². The number of ether oxygens (including phenoxy) is 1. The third kappa shape index (κ3) is 3.73. The molecule has 1 atom stereocenters. The average molecular weight is 402 g/mol. The second-order valence-corrected chi connectivity index (χ2v) is 8.57. The van der Waals surface area contributed by atoms with Crippen molar-refractivity contribution < 1.29 is 22.7 Å². The summed E-state index contributed by atoms with van der Waals surface area (Å²) >= 11 is 0. The molecule has 8 heteroatoms. The van der Waals surface area contributed by atoms with Gasteiger partial charge in [-0.2, -0.15) is 0 Å². The van der Waals surface area contributed by atoms with Gasteiger partial charge in [-0.15, -0.1) is 0 Å². The molecule has 2 amide bonds. The van der Waals surface area contributed by atoms with E-state index in [2.05, 4.69) is 5.32 Å². The van der Waals surface area contributed by atoms with Gasteiger partial charge < -0.3 is 10.1 Å². The molecule has 0 radical (unpaired) electrons. The molecule has 28 heavy (non-hydrogen) atoms. The number of nitrogens with zero attached hydrogens (tertiary/aromatic N) is 1. The number of hydrogen-bond donors (Lipinski definition) is 1. The SMILES string of the molecule is COc1ccc(C)cc1NC(=O)C1CCC(=O)N1S(=O)(=O)c1ccc(C)cc1. The summed E-state index contributed by atoms with van der Waals surface area (Å²) in [5, 5.41) is 2.71. The summed E-state index contributed by atoms with van der Waals surface area (Å²) < 4.78 is 32.0. The number of nitrogens with one attached hydrogen (secondary N) is 1. The molecule has 2 aromatic carbocycles. The average Bonchev–Trinajstić information content (AvgIpc) is 3.05. The standard InChI is InChI=1S/C20H22N2O5S/c1-13-4-7-15(8-5-13)28(25,26)22-17(9-11-19(22)23)20(24)21-16-12-14(2)6-10-18(16)27-3/h4-8,10,12,17H,9,11H2,1-3H3,(H,21,24). The Kier molecular flexibility index (Phi) is 5.42. The molecular weight excluding hydrogens is 380 g/mol. The molecule has 1 unspecified atom stereocenters. The van der Waals surface area contributed by atoms with Crippen LogP contribution in [0.5, 0.6) is 5.75 Å². The number of amides is 2. The largest absolute Gasteiger partial charge is 0.495 e. The van der Waals surface area contributed by atoms with Crippen LogP contribution in [0.2, 0.25) is 0 Å². The third-order valence-electron chi connectivity index (χ3n) is 4.65. The van der Waals surface area contributed by atoms with Crippen molar-refractivity contribution in [3.8, 4) is 5.75 Å². The number of hydrogen-bond acceptors (Lipinski definition) is 5. The zero-order valence-corrected chi connectivity index (χ0v) is 16.7. The highest BCUT2D eigenvalue weighted by molar-refractivity contribution is 7.89. The van der Waals surface area contributed by atoms with Gasteiger partial charge >= 0.3 is 0 Å². The van der Waals surface area contributed by atoms with E-state index >= 15 is 0 Å².